The summed E-state index contributed by atoms with van der Waals surface area (Å²) in [6, 6.07) is 9.46. The molecule has 118 valence electrons. The Kier molecular flexibility index (Phi) is 6.07. The number of nitrogens with zero attached hydrogens (tertiary/aromatic N) is 1. The Hall–Kier alpha value is -1.06. The lowest BCUT2D eigenvalue weighted by Gasteiger charge is -2.38. The van der Waals surface area contributed by atoms with Crippen molar-refractivity contribution in [2.45, 2.75) is 44.7 Å². The molecule has 1 saturated carbocycles. The van der Waals surface area contributed by atoms with Crippen LogP contribution in [0.3, 0.4) is 0 Å². The lowest BCUT2D eigenvalue weighted by molar-refractivity contribution is 0.129. The van der Waals surface area contributed by atoms with Gasteiger partial charge in [0, 0.05) is 18.6 Å². The molecule has 3 unspecified atom stereocenters. The molecule has 3 heteroatoms. The van der Waals surface area contributed by atoms with Crippen molar-refractivity contribution in [2.75, 3.05) is 27.7 Å². The minimum absolute atomic E-state index is 0.347. The molecule has 0 aliphatic heterocycles. The number of rotatable bonds is 6. The second-order valence-corrected chi connectivity index (χ2v) is 6.39. The van der Waals surface area contributed by atoms with E-state index < -0.39 is 0 Å². The Morgan fingerprint density at radius 2 is 2.10 bits per heavy atom. The third-order valence-electron chi connectivity index (χ3n) is 4.95. The van der Waals surface area contributed by atoms with Crippen LogP contribution in [0, 0.1) is 5.92 Å². The zero-order chi connectivity index (χ0) is 15.2. The second-order valence-electron chi connectivity index (χ2n) is 6.39. The summed E-state index contributed by atoms with van der Waals surface area (Å²) in [7, 11) is 6.04. The van der Waals surface area contributed by atoms with Gasteiger partial charge in [0.25, 0.3) is 0 Å². The van der Waals surface area contributed by atoms with Crippen LogP contribution in [0.2, 0.25) is 0 Å². The van der Waals surface area contributed by atoms with Crippen LogP contribution in [0.5, 0.6) is 5.75 Å². The normalized spacial score (nSPS) is 24.0. The highest BCUT2D eigenvalue weighted by atomic mass is 16.5. The Morgan fingerprint density at radius 3 is 2.76 bits per heavy atom. The van der Waals surface area contributed by atoms with Gasteiger partial charge in [0.15, 0.2) is 0 Å². The van der Waals surface area contributed by atoms with E-state index in [9.17, 15) is 0 Å². The lowest BCUT2D eigenvalue weighted by Crippen LogP contribution is -2.42. The van der Waals surface area contributed by atoms with E-state index in [0.29, 0.717) is 6.04 Å². The Balaban J connectivity index is 2.03. The Morgan fingerprint density at radius 1 is 1.33 bits per heavy atom. The first-order valence-electron chi connectivity index (χ1n) is 8.17. The van der Waals surface area contributed by atoms with Crippen molar-refractivity contribution in [3.63, 3.8) is 0 Å². The topological polar surface area (TPSA) is 24.5 Å². The number of methoxy groups -OCH3 is 1. The first kappa shape index (κ1) is 16.3. The summed E-state index contributed by atoms with van der Waals surface area (Å²) in [6.07, 6.45) is 5.49. The number of nitrogens with one attached hydrogen (secondary N) is 1. The first-order chi connectivity index (χ1) is 10.2. The fraction of sp³-hybridized carbons (Fsp3) is 0.667. The molecule has 2 rings (SSSR count). The molecule has 0 spiro atoms. The summed E-state index contributed by atoms with van der Waals surface area (Å²) in [5.41, 5.74) is 1.30. The van der Waals surface area contributed by atoms with Crippen molar-refractivity contribution in [3.8, 4) is 5.75 Å². The van der Waals surface area contributed by atoms with Gasteiger partial charge in [0.1, 0.15) is 5.75 Å². The van der Waals surface area contributed by atoms with Crippen LogP contribution in [-0.2, 0) is 0 Å². The van der Waals surface area contributed by atoms with E-state index in [4.69, 9.17) is 4.74 Å². The molecule has 1 aliphatic carbocycles. The van der Waals surface area contributed by atoms with E-state index >= 15 is 0 Å². The van der Waals surface area contributed by atoms with Gasteiger partial charge in [-0.05, 0) is 50.6 Å². The molecular formula is C18H30N2O. The van der Waals surface area contributed by atoms with Crippen molar-refractivity contribution in [1.82, 2.24) is 10.2 Å². The molecule has 0 saturated heterocycles. The highest BCUT2D eigenvalue weighted by molar-refractivity contribution is 5.30. The average molecular weight is 290 g/mol. The van der Waals surface area contributed by atoms with Gasteiger partial charge in [-0.1, -0.05) is 31.9 Å². The summed E-state index contributed by atoms with van der Waals surface area (Å²) in [5, 5.41) is 3.46. The van der Waals surface area contributed by atoms with E-state index in [1.165, 1.54) is 31.2 Å². The molecule has 1 fully saturated rings. The van der Waals surface area contributed by atoms with Crippen LogP contribution >= 0.6 is 0 Å². The highest BCUT2D eigenvalue weighted by Crippen LogP contribution is 2.29. The molecule has 1 aromatic rings. The number of ether oxygens (including phenoxy) is 1. The number of hydrogen-bond donors (Lipinski definition) is 1. The predicted molar refractivity (Wildman–Crippen MR) is 88.8 cm³/mol. The molecule has 21 heavy (non-hydrogen) atoms. The van der Waals surface area contributed by atoms with Gasteiger partial charge in [-0.2, -0.15) is 0 Å². The van der Waals surface area contributed by atoms with Gasteiger partial charge in [-0.15, -0.1) is 0 Å². The van der Waals surface area contributed by atoms with E-state index in [2.05, 4.69) is 42.4 Å². The quantitative estimate of drug-likeness (QED) is 0.868. The van der Waals surface area contributed by atoms with Gasteiger partial charge >= 0.3 is 0 Å². The minimum atomic E-state index is 0.347. The van der Waals surface area contributed by atoms with Gasteiger partial charge in [-0.3, -0.25) is 0 Å². The predicted octanol–water partition coefficient (Wildman–Crippen LogP) is 3.47. The molecule has 1 aliphatic rings. The highest BCUT2D eigenvalue weighted by Gasteiger charge is 2.26. The fourth-order valence-electron chi connectivity index (χ4n) is 3.60. The first-order valence-corrected chi connectivity index (χ1v) is 8.17. The molecule has 3 atom stereocenters. The smallest absolute Gasteiger partial charge is 0.119 e. The van der Waals surface area contributed by atoms with E-state index in [-0.39, 0.29) is 0 Å². The van der Waals surface area contributed by atoms with Gasteiger partial charge in [0.05, 0.1) is 7.11 Å². The Bertz CT molecular complexity index is 435. The zero-order valence-corrected chi connectivity index (χ0v) is 13.9. The standard InChI is InChI=1S/C18H30N2O/c1-14-8-5-6-11-18(14)20(3)13-17(19-2)15-9-7-10-16(12-15)21-4/h7,9-10,12,14,17-19H,5-6,8,11,13H2,1-4H3. The third kappa shape index (κ3) is 4.21. The largest absolute Gasteiger partial charge is 0.497 e. The molecule has 1 N–H and O–H groups in total. The summed E-state index contributed by atoms with van der Waals surface area (Å²) in [5.74, 6) is 1.74. The van der Waals surface area contributed by atoms with Crippen molar-refractivity contribution in [3.05, 3.63) is 29.8 Å². The third-order valence-corrected chi connectivity index (χ3v) is 4.95. The fourth-order valence-corrected chi connectivity index (χ4v) is 3.60. The number of benzene rings is 1. The van der Waals surface area contributed by atoms with Crippen molar-refractivity contribution >= 4 is 0 Å². The van der Waals surface area contributed by atoms with E-state index in [1.54, 1.807) is 7.11 Å². The minimum Gasteiger partial charge on any atom is -0.497 e. The van der Waals surface area contributed by atoms with Crippen LogP contribution in [0.4, 0.5) is 0 Å². The van der Waals surface area contributed by atoms with Crippen molar-refractivity contribution in [2.24, 2.45) is 5.92 Å². The Labute approximate surface area is 129 Å². The van der Waals surface area contributed by atoms with Crippen LogP contribution < -0.4 is 10.1 Å². The van der Waals surface area contributed by atoms with Crippen LogP contribution in [0.25, 0.3) is 0 Å². The molecule has 3 nitrogen and oxygen atoms in total. The van der Waals surface area contributed by atoms with Gasteiger partial charge in [0.2, 0.25) is 0 Å². The maximum Gasteiger partial charge on any atom is 0.119 e. The average Bonchev–Trinajstić information content (AvgIpc) is 2.52. The molecule has 0 bridgehead atoms. The SMILES string of the molecule is CNC(CN(C)C1CCCCC1C)c1cccc(OC)c1. The summed E-state index contributed by atoms with van der Waals surface area (Å²) < 4.78 is 5.35. The van der Waals surface area contributed by atoms with Crippen molar-refractivity contribution < 1.29 is 4.74 Å². The van der Waals surface area contributed by atoms with Gasteiger partial charge in [-0.25, -0.2) is 0 Å². The summed E-state index contributed by atoms with van der Waals surface area (Å²) >= 11 is 0. The summed E-state index contributed by atoms with van der Waals surface area (Å²) in [6.45, 7) is 3.44. The van der Waals surface area contributed by atoms with E-state index in [1.807, 2.05) is 13.1 Å². The molecule has 0 aromatic heterocycles. The number of likely N-dealkylation sites (N-methyl/N-ethyl adjacent to an activating group) is 2. The molecule has 0 heterocycles. The van der Waals surface area contributed by atoms with Crippen molar-refractivity contribution in [1.29, 1.82) is 0 Å². The molecule has 1 aromatic carbocycles. The summed E-state index contributed by atoms with van der Waals surface area (Å²) in [4.78, 5) is 2.55. The number of hydrogen-bond acceptors (Lipinski definition) is 3. The monoisotopic (exact) mass is 290 g/mol. The lowest BCUT2D eigenvalue weighted by atomic mass is 9.85. The molecule has 0 amide bonds. The van der Waals surface area contributed by atoms with Crippen LogP contribution in [-0.4, -0.2) is 38.7 Å². The maximum atomic E-state index is 5.35. The van der Waals surface area contributed by atoms with E-state index in [0.717, 1.165) is 24.3 Å². The second kappa shape index (κ2) is 7.81. The zero-order valence-electron chi connectivity index (χ0n) is 13.9. The molecular weight excluding hydrogens is 260 g/mol. The maximum absolute atomic E-state index is 5.35. The van der Waals surface area contributed by atoms with Crippen LogP contribution in [0.15, 0.2) is 24.3 Å². The van der Waals surface area contributed by atoms with Crippen LogP contribution in [0.1, 0.15) is 44.2 Å². The molecule has 0 radical (unpaired) electrons. The van der Waals surface area contributed by atoms with Gasteiger partial charge < -0.3 is 15.0 Å².